The SMILES string of the molecule is CC=C(C)C(N)Cc1ccccc1. The van der Waals surface area contributed by atoms with E-state index >= 15 is 0 Å². The zero-order chi connectivity index (χ0) is 9.68. The van der Waals surface area contributed by atoms with Gasteiger partial charge in [0.1, 0.15) is 0 Å². The molecular formula is C12H17N. The van der Waals surface area contributed by atoms with Gasteiger partial charge in [-0.1, -0.05) is 42.0 Å². The fourth-order valence-corrected chi connectivity index (χ4v) is 1.24. The number of allylic oxidation sites excluding steroid dienone is 1. The lowest BCUT2D eigenvalue weighted by molar-refractivity contribution is 0.762. The van der Waals surface area contributed by atoms with Crippen LogP contribution in [-0.2, 0) is 6.42 Å². The molecule has 1 nitrogen and oxygen atoms in total. The first-order valence-corrected chi connectivity index (χ1v) is 4.66. The first-order chi connectivity index (χ1) is 6.24. The average molecular weight is 175 g/mol. The van der Waals surface area contributed by atoms with Crippen LogP contribution in [0.1, 0.15) is 19.4 Å². The van der Waals surface area contributed by atoms with Gasteiger partial charge in [-0.25, -0.2) is 0 Å². The van der Waals surface area contributed by atoms with Crippen LogP contribution in [0.4, 0.5) is 0 Å². The highest BCUT2D eigenvalue weighted by Gasteiger charge is 2.03. The van der Waals surface area contributed by atoms with Crippen molar-refractivity contribution < 1.29 is 0 Å². The minimum absolute atomic E-state index is 0.160. The fraction of sp³-hybridized carbons (Fsp3) is 0.333. The summed E-state index contributed by atoms with van der Waals surface area (Å²) >= 11 is 0. The summed E-state index contributed by atoms with van der Waals surface area (Å²) in [4.78, 5) is 0. The van der Waals surface area contributed by atoms with Gasteiger partial charge in [0, 0.05) is 6.04 Å². The lowest BCUT2D eigenvalue weighted by atomic mass is 10.0. The number of benzene rings is 1. The summed E-state index contributed by atoms with van der Waals surface area (Å²) in [7, 11) is 0. The first-order valence-electron chi connectivity index (χ1n) is 4.66. The minimum atomic E-state index is 0.160. The molecule has 0 radical (unpaired) electrons. The summed E-state index contributed by atoms with van der Waals surface area (Å²) in [6.07, 6.45) is 3.00. The smallest absolute Gasteiger partial charge is 0.0291 e. The molecule has 0 saturated carbocycles. The highest BCUT2D eigenvalue weighted by atomic mass is 14.6. The van der Waals surface area contributed by atoms with Crippen LogP contribution >= 0.6 is 0 Å². The van der Waals surface area contributed by atoms with E-state index in [1.54, 1.807) is 0 Å². The highest BCUT2D eigenvalue weighted by Crippen LogP contribution is 2.07. The van der Waals surface area contributed by atoms with Crippen molar-refractivity contribution in [1.82, 2.24) is 0 Å². The van der Waals surface area contributed by atoms with Crippen molar-refractivity contribution in [2.24, 2.45) is 5.73 Å². The number of hydrogen-bond donors (Lipinski definition) is 1. The van der Waals surface area contributed by atoms with Gasteiger partial charge in [0.05, 0.1) is 0 Å². The third-order valence-electron chi connectivity index (χ3n) is 2.34. The number of hydrogen-bond acceptors (Lipinski definition) is 1. The molecule has 1 atom stereocenters. The molecule has 70 valence electrons. The minimum Gasteiger partial charge on any atom is -0.324 e. The highest BCUT2D eigenvalue weighted by molar-refractivity contribution is 5.19. The van der Waals surface area contributed by atoms with Crippen molar-refractivity contribution >= 4 is 0 Å². The summed E-state index contributed by atoms with van der Waals surface area (Å²) in [5.74, 6) is 0. The van der Waals surface area contributed by atoms with Gasteiger partial charge < -0.3 is 5.73 Å². The van der Waals surface area contributed by atoms with Crippen molar-refractivity contribution in [1.29, 1.82) is 0 Å². The van der Waals surface area contributed by atoms with Crippen LogP contribution in [0.2, 0.25) is 0 Å². The van der Waals surface area contributed by atoms with Crippen molar-refractivity contribution in [3.05, 3.63) is 47.5 Å². The Morgan fingerprint density at radius 2 is 2.00 bits per heavy atom. The van der Waals surface area contributed by atoms with Crippen molar-refractivity contribution in [3.63, 3.8) is 0 Å². The topological polar surface area (TPSA) is 26.0 Å². The Bertz CT molecular complexity index is 274. The van der Waals surface area contributed by atoms with E-state index in [1.165, 1.54) is 11.1 Å². The second-order valence-corrected chi connectivity index (χ2v) is 3.33. The Morgan fingerprint density at radius 3 is 2.54 bits per heavy atom. The second kappa shape index (κ2) is 4.83. The fourth-order valence-electron chi connectivity index (χ4n) is 1.24. The van der Waals surface area contributed by atoms with Gasteiger partial charge in [0.2, 0.25) is 0 Å². The largest absolute Gasteiger partial charge is 0.324 e. The molecule has 1 aromatic rings. The second-order valence-electron chi connectivity index (χ2n) is 3.33. The predicted octanol–water partition coefficient (Wildman–Crippen LogP) is 2.52. The molecule has 1 heteroatoms. The average Bonchev–Trinajstić information content (AvgIpc) is 2.18. The monoisotopic (exact) mass is 175 g/mol. The van der Waals surface area contributed by atoms with E-state index < -0.39 is 0 Å². The molecule has 0 aliphatic heterocycles. The van der Waals surface area contributed by atoms with E-state index in [0.29, 0.717) is 0 Å². The lowest BCUT2D eigenvalue weighted by Gasteiger charge is -2.11. The standard InChI is InChI=1S/C12H17N/c1-3-10(2)12(13)9-11-7-5-4-6-8-11/h3-8,12H,9,13H2,1-2H3. The van der Waals surface area contributed by atoms with Crippen molar-refractivity contribution in [3.8, 4) is 0 Å². The molecule has 0 aliphatic carbocycles. The number of nitrogens with two attached hydrogens (primary N) is 1. The van der Waals surface area contributed by atoms with E-state index in [9.17, 15) is 0 Å². The quantitative estimate of drug-likeness (QED) is 0.702. The first kappa shape index (κ1) is 10.0. The van der Waals surface area contributed by atoms with E-state index in [4.69, 9.17) is 5.73 Å². The summed E-state index contributed by atoms with van der Waals surface area (Å²) in [6.45, 7) is 4.10. The number of rotatable bonds is 3. The Kier molecular flexibility index (Phi) is 3.71. The Labute approximate surface area is 80.3 Å². The van der Waals surface area contributed by atoms with Crippen LogP contribution in [0.25, 0.3) is 0 Å². The van der Waals surface area contributed by atoms with Crippen molar-refractivity contribution in [2.75, 3.05) is 0 Å². The van der Waals surface area contributed by atoms with Crippen LogP contribution in [0.3, 0.4) is 0 Å². The Morgan fingerprint density at radius 1 is 1.38 bits per heavy atom. The van der Waals surface area contributed by atoms with Gasteiger partial charge in [-0.15, -0.1) is 0 Å². The Hall–Kier alpha value is -1.08. The molecule has 1 rings (SSSR count). The summed E-state index contributed by atoms with van der Waals surface area (Å²) in [5.41, 5.74) is 8.55. The molecule has 13 heavy (non-hydrogen) atoms. The molecule has 1 aromatic carbocycles. The molecule has 0 aromatic heterocycles. The molecule has 0 bridgehead atoms. The molecule has 0 heterocycles. The molecule has 0 spiro atoms. The van der Waals surface area contributed by atoms with Gasteiger partial charge in [0.15, 0.2) is 0 Å². The van der Waals surface area contributed by atoms with Gasteiger partial charge >= 0.3 is 0 Å². The van der Waals surface area contributed by atoms with Crippen LogP contribution < -0.4 is 5.73 Å². The van der Waals surface area contributed by atoms with Crippen molar-refractivity contribution in [2.45, 2.75) is 26.3 Å². The summed E-state index contributed by atoms with van der Waals surface area (Å²) < 4.78 is 0. The summed E-state index contributed by atoms with van der Waals surface area (Å²) in [6, 6.07) is 10.5. The molecule has 0 fully saturated rings. The van der Waals surface area contributed by atoms with E-state index in [2.05, 4.69) is 25.1 Å². The van der Waals surface area contributed by atoms with Crippen LogP contribution in [0.5, 0.6) is 0 Å². The zero-order valence-corrected chi connectivity index (χ0v) is 8.33. The molecule has 0 saturated heterocycles. The normalized spacial score (nSPS) is 14.2. The molecule has 1 unspecified atom stereocenters. The predicted molar refractivity (Wildman–Crippen MR) is 57.6 cm³/mol. The van der Waals surface area contributed by atoms with E-state index in [-0.39, 0.29) is 6.04 Å². The molecule has 2 N–H and O–H groups in total. The summed E-state index contributed by atoms with van der Waals surface area (Å²) in [5, 5.41) is 0. The van der Waals surface area contributed by atoms with Gasteiger partial charge in [-0.3, -0.25) is 0 Å². The Balaban J connectivity index is 2.60. The van der Waals surface area contributed by atoms with E-state index in [0.717, 1.165) is 6.42 Å². The lowest BCUT2D eigenvalue weighted by Crippen LogP contribution is -2.23. The van der Waals surface area contributed by atoms with Gasteiger partial charge in [0.25, 0.3) is 0 Å². The van der Waals surface area contributed by atoms with Gasteiger partial charge in [-0.2, -0.15) is 0 Å². The maximum absolute atomic E-state index is 5.99. The third kappa shape index (κ3) is 3.03. The van der Waals surface area contributed by atoms with Crippen LogP contribution in [0, 0.1) is 0 Å². The molecule has 0 amide bonds. The molecule has 0 aliphatic rings. The van der Waals surface area contributed by atoms with E-state index in [1.807, 2.05) is 25.1 Å². The molecular weight excluding hydrogens is 158 g/mol. The maximum Gasteiger partial charge on any atom is 0.0291 e. The van der Waals surface area contributed by atoms with Crippen LogP contribution in [-0.4, -0.2) is 6.04 Å². The van der Waals surface area contributed by atoms with Gasteiger partial charge in [-0.05, 0) is 25.8 Å². The zero-order valence-electron chi connectivity index (χ0n) is 8.33. The maximum atomic E-state index is 5.99. The third-order valence-corrected chi connectivity index (χ3v) is 2.34. The van der Waals surface area contributed by atoms with Crippen LogP contribution in [0.15, 0.2) is 42.0 Å².